The maximum atomic E-state index is 12.0. The van der Waals surface area contributed by atoms with Gasteiger partial charge in [-0.25, -0.2) is 0 Å². The van der Waals surface area contributed by atoms with E-state index in [0.717, 1.165) is 16.9 Å². The summed E-state index contributed by atoms with van der Waals surface area (Å²) in [4.78, 5) is 12.0. The molecule has 2 aromatic carbocycles. The number of benzene rings is 2. The van der Waals surface area contributed by atoms with Crippen LogP contribution >= 0.6 is 0 Å². The van der Waals surface area contributed by atoms with Gasteiger partial charge in [0.1, 0.15) is 11.9 Å². The smallest absolute Gasteiger partial charge is 0.249 e. The molecule has 0 unspecified atom stereocenters. The summed E-state index contributed by atoms with van der Waals surface area (Å²) >= 11 is 0. The molecule has 0 aliphatic heterocycles. The highest BCUT2D eigenvalue weighted by molar-refractivity contribution is 5.80. The minimum Gasteiger partial charge on any atom is -0.497 e. The van der Waals surface area contributed by atoms with Crippen LogP contribution in [0.2, 0.25) is 0 Å². The van der Waals surface area contributed by atoms with E-state index in [1.165, 1.54) is 0 Å². The van der Waals surface area contributed by atoms with Crippen molar-refractivity contribution in [1.29, 1.82) is 0 Å². The Hall–Kier alpha value is -2.33. The Kier molecular flexibility index (Phi) is 5.98. The minimum absolute atomic E-state index is 0.126. The predicted molar refractivity (Wildman–Crippen MR) is 85.5 cm³/mol. The number of ether oxygens (including phenoxy) is 2. The van der Waals surface area contributed by atoms with Crippen LogP contribution in [0.1, 0.15) is 18.1 Å². The van der Waals surface area contributed by atoms with Gasteiger partial charge in [0.25, 0.3) is 0 Å². The fourth-order valence-corrected chi connectivity index (χ4v) is 1.99. The van der Waals surface area contributed by atoms with E-state index in [1.807, 2.05) is 54.6 Å². The molecule has 0 saturated carbocycles. The molecule has 0 spiro atoms. The lowest BCUT2D eigenvalue weighted by molar-refractivity contribution is -0.132. The zero-order valence-electron chi connectivity index (χ0n) is 12.9. The molecule has 0 aliphatic rings. The van der Waals surface area contributed by atoms with Gasteiger partial charge in [-0.15, -0.1) is 0 Å². The molecule has 4 heteroatoms. The Morgan fingerprint density at radius 1 is 1.09 bits per heavy atom. The number of hydrogen-bond acceptors (Lipinski definition) is 3. The SMILES string of the molecule is COc1cccc(CNC(=O)[C@H](C)OCc2ccccc2)c1. The van der Waals surface area contributed by atoms with E-state index in [0.29, 0.717) is 13.2 Å². The standard InChI is InChI=1S/C18H21NO3/c1-14(22-13-15-7-4-3-5-8-15)18(20)19-12-16-9-6-10-17(11-16)21-2/h3-11,14H,12-13H2,1-2H3,(H,19,20)/t14-/m0/s1. The molecule has 0 fully saturated rings. The second-order valence-corrected chi connectivity index (χ2v) is 5.01. The topological polar surface area (TPSA) is 47.6 Å². The average molecular weight is 299 g/mol. The van der Waals surface area contributed by atoms with Crippen molar-refractivity contribution in [2.24, 2.45) is 0 Å². The number of methoxy groups -OCH3 is 1. The van der Waals surface area contributed by atoms with Crippen LogP contribution in [0.25, 0.3) is 0 Å². The minimum atomic E-state index is -0.495. The summed E-state index contributed by atoms with van der Waals surface area (Å²) in [6.45, 7) is 2.63. The lowest BCUT2D eigenvalue weighted by Crippen LogP contribution is -2.34. The molecular weight excluding hydrogens is 278 g/mol. The number of carbonyl (C=O) groups excluding carboxylic acids is 1. The van der Waals surface area contributed by atoms with Crippen molar-refractivity contribution in [3.8, 4) is 5.75 Å². The van der Waals surface area contributed by atoms with E-state index in [-0.39, 0.29) is 5.91 Å². The van der Waals surface area contributed by atoms with Crippen LogP contribution in [-0.2, 0) is 22.7 Å². The first-order chi connectivity index (χ1) is 10.7. The van der Waals surface area contributed by atoms with E-state index in [1.54, 1.807) is 14.0 Å². The lowest BCUT2D eigenvalue weighted by Gasteiger charge is -2.14. The van der Waals surface area contributed by atoms with Gasteiger partial charge in [-0.3, -0.25) is 4.79 Å². The first-order valence-electron chi connectivity index (χ1n) is 7.25. The predicted octanol–water partition coefficient (Wildman–Crippen LogP) is 2.92. The Balaban J connectivity index is 1.78. The normalized spacial score (nSPS) is 11.7. The number of rotatable bonds is 7. The third-order valence-electron chi connectivity index (χ3n) is 3.31. The van der Waals surface area contributed by atoms with Crippen molar-refractivity contribution in [3.63, 3.8) is 0 Å². The summed E-state index contributed by atoms with van der Waals surface area (Å²) in [5.74, 6) is 0.652. The summed E-state index contributed by atoms with van der Waals surface area (Å²) < 4.78 is 10.7. The summed E-state index contributed by atoms with van der Waals surface area (Å²) in [6, 6.07) is 17.4. The first kappa shape index (κ1) is 16.0. The number of hydrogen-bond donors (Lipinski definition) is 1. The number of amides is 1. The average Bonchev–Trinajstić information content (AvgIpc) is 2.58. The monoisotopic (exact) mass is 299 g/mol. The zero-order chi connectivity index (χ0) is 15.8. The fraction of sp³-hybridized carbons (Fsp3) is 0.278. The Morgan fingerprint density at radius 2 is 1.82 bits per heavy atom. The zero-order valence-corrected chi connectivity index (χ0v) is 12.9. The van der Waals surface area contributed by atoms with Gasteiger partial charge in [0.05, 0.1) is 13.7 Å². The molecule has 0 aromatic heterocycles. The molecule has 0 bridgehead atoms. The van der Waals surface area contributed by atoms with Crippen LogP contribution in [0.15, 0.2) is 54.6 Å². The number of nitrogens with one attached hydrogen (secondary N) is 1. The van der Waals surface area contributed by atoms with E-state index >= 15 is 0 Å². The van der Waals surface area contributed by atoms with Crippen molar-refractivity contribution in [2.45, 2.75) is 26.2 Å². The molecule has 22 heavy (non-hydrogen) atoms. The van der Waals surface area contributed by atoms with Gasteiger partial charge >= 0.3 is 0 Å². The molecule has 2 rings (SSSR count). The van der Waals surface area contributed by atoms with Gasteiger partial charge in [0.15, 0.2) is 0 Å². The quantitative estimate of drug-likeness (QED) is 0.855. The molecule has 0 saturated heterocycles. The van der Waals surface area contributed by atoms with Crippen LogP contribution in [0.4, 0.5) is 0 Å². The maximum absolute atomic E-state index is 12.0. The van der Waals surface area contributed by atoms with E-state index in [4.69, 9.17) is 9.47 Å². The van der Waals surface area contributed by atoms with Crippen molar-refractivity contribution in [1.82, 2.24) is 5.32 Å². The van der Waals surface area contributed by atoms with Crippen LogP contribution in [-0.4, -0.2) is 19.1 Å². The van der Waals surface area contributed by atoms with Crippen LogP contribution in [0.5, 0.6) is 5.75 Å². The third-order valence-corrected chi connectivity index (χ3v) is 3.31. The summed E-state index contributed by atoms with van der Waals surface area (Å²) in [5.41, 5.74) is 2.04. The second kappa shape index (κ2) is 8.20. The van der Waals surface area contributed by atoms with Crippen LogP contribution < -0.4 is 10.1 Å². The highest BCUT2D eigenvalue weighted by Gasteiger charge is 2.13. The van der Waals surface area contributed by atoms with Gasteiger partial charge in [-0.1, -0.05) is 42.5 Å². The molecule has 1 amide bonds. The Labute approximate surface area is 131 Å². The van der Waals surface area contributed by atoms with Gasteiger partial charge in [0.2, 0.25) is 5.91 Å². The molecule has 2 aromatic rings. The molecule has 1 atom stereocenters. The van der Waals surface area contributed by atoms with Crippen LogP contribution in [0, 0.1) is 0 Å². The molecule has 4 nitrogen and oxygen atoms in total. The lowest BCUT2D eigenvalue weighted by atomic mass is 10.2. The highest BCUT2D eigenvalue weighted by Crippen LogP contribution is 2.12. The van der Waals surface area contributed by atoms with Crippen molar-refractivity contribution in [2.75, 3.05) is 7.11 Å². The van der Waals surface area contributed by atoms with Gasteiger partial charge in [-0.05, 0) is 30.2 Å². The number of carbonyl (C=O) groups is 1. The van der Waals surface area contributed by atoms with Crippen molar-refractivity contribution >= 4 is 5.91 Å². The third kappa shape index (κ3) is 4.90. The summed E-state index contributed by atoms with van der Waals surface area (Å²) in [5, 5.41) is 2.87. The van der Waals surface area contributed by atoms with Crippen molar-refractivity contribution in [3.05, 3.63) is 65.7 Å². The summed E-state index contributed by atoms with van der Waals surface area (Å²) in [6.07, 6.45) is -0.495. The van der Waals surface area contributed by atoms with E-state index in [9.17, 15) is 4.79 Å². The first-order valence-corrected chi connectivity index (χ1v) is 7.25. The molecule has 0 heterocycles. The fourth-order valence-electron chi connectivity index (χ4n) is 1.99. The van der Waals surface area contributed by atoms with Gasteiger partial charge < -0.3 is 14.8 Å². The Morgan fingerprint density at radius 3 is 2.55 bits per heavy atom. The highest BCUT2D eigenvalue weighted by atomic mass is 16.5. The Bertz CT molecular complexity index is 598. The van der Waals surface area contributed by atoms with Gasteiger partial charge in [-0.2, -0.15) is 0 Å². The van der Waals surface area contributed by atoms with E-state index in [2.05, 4.69) is 5.32 Å². The van der Waals surface area contributed by atoms with Crippen molar-refractivity contribution < 1.29 is 14.3 Å². The van der Waals surface area contributed by atoms with Crippen LogP contribution in [0.3, 0.4) is 0 Å². The second-order valence-electron chi connectivity index (χ2n) is 5.01. The van der Waals surface area contributed by atoms with Gasteiger partial charge in [0, 0.05) is 6.54 Å². The summed E-state index contributed by atoms with van der Waals surface area (Å²) in [7, 11) is 1.62. The molecular formula is C18H21NO3. The molecule has 116 valence electrons. The van der Waals surface area contributed by atoms with E-state index < -0.39 is 6.10 Å². The molecule has 0 radical (unpaired) electrons. The largest absolute Gasteiger partial charge is 0.497 e. The molecule has 0 aliphatic carbocycles. The molecule has 1 N–H and O–H groups in total. The maximum Gasteiger partial charge on any atom is 0.249 e.